The van der Waals surface area contributed by atoms with Gasteiger partial charge in [0.1, 0.15) is 22.6 Å². The lowest BCUT2D eigenvalue weighted by molar-refractivity contribution is 0.100. The van der Waals surface area contributed by atoms with Gasteiger partial charge in [-0.25, -0.2) is 4.68 Å². The summed E-state index contributed by atoms with van der Waals surface area (Å²) in [4.78, 5) is 15.8. The number of hydrogen-bond acceptors (Lipinski definition) is 6. The van der Waals surface area contributed by atoms with Crippen LogP contribution in [-0.2, 0) is 0 Å². The summed E-state index contributed by atoms with van der Waals surface area (Å²) in [5, 5.41) is 4.42. The van der Waals surface area contributed by atoms with Crippen molar-refractivity contribution in [2.45, 2.75) is 19.9 Å². The van der Waals surface area contributed by atoms with Crippen molar-refractivity contribution >= 4 is 28.8 Å². The molecule has 2 heterocycles. The van der Waals surface area contributed by atoms with Gasteiger partial charge >= 0.3 is 0 Å². The van der Waals surface area contributed by atoms with Gasteiger partial charge in [-0.3, -0.25) is 4.79 Å². The summed E-state index contributed by atoms with van der Waals surface area (Å²) in [5.74, 6) is -0.378. The Hall–Kier alpha value is -3.03. The zero-order chi connectivity index (χ0) is 16.0. The minimum atomic E-state index is -0.626. The van der Waals surface area contributed by atoms with Crippen molar-refractivity contribution in [3.63, 3.8) is 0 Å². The molecule has 8 nitrogen and oxygen atoms in total. The third kappa shape index (κ3) is 2.05. The number of carbonyl (C=O) groups is 1. The first kappa shape index (κ1) is 13.9. The molecular formula is C14H16N6O2. The summed E-state index contributed by atoms with van der Waals surface area (Å²) in [6.45, 7) is 3.83. The Morgan fingerprint density at radius 1 is 1.32 bits per heavy atom. The van der Waals surface area contributed by atoms with Crippen LogP contribution in [0.25, 0.3) is 22.4 Å². The summed E-state index contributed by atoms with van der Waals surface area (Å²) in [5.41, 5.74) is 19.4. The third-order valence-corrected chi connectivity index (χ3v) is 3.36. The summed E-state index contributed by atoms with van der Waals surface area (Å²) >= 11 is 0. The minimum Gasteiger partial charge on any atom is -0.424 e. The maximum atomic E-state index is 11.8. The first-order chi connectivity index (χ1) is 10.4. The van der Waals surface area contributed by atoms with Gasteiger partial charge in [-0.05, 0) is 32.0 Å². The number of aromatic nitrogens is 3. The van der Waals surface area contributed by atoms with Gasteiger partial charge < -0.3 is 21.6 Å². The van der Waals surface area contributed by atoms with Gasteiger partial charge in [0.05, 0.1) is 0 Å². The zero-order valence-electron chi connectivity index (χ0n) is 12.2. The first-order valence-electron chi connectivity index (χ1n) is 6.72. The van der Waals surface area contributed by atoms with Gasteiger partial charge in [0.25, 0.3) is 11.9 Å². The normalized spacial score (nSPS) is 11.4. The lowest BCUT2D eigenvalue weighted by atomic mass is 10.1. The number of fused-ring (bicyclic) bond motifs is 1. The summed E-state index contributed by atoms with van der Waals surface area (Å²) in [6.07, 6.45) is 0. The van der Waals surface area contributed by atoms with E-state index in [-0.39, 0.29) is 23.4 Å². The fourth-order valence-electron chi connectivity index (χ4n) is 2.38. The summed E-state index contributed by atoms with van der Waals surface area (Å²) in [6, 6.07) is 5.27. The molecule has 0 bridgehead atoms. The van der Waals surface area contributed by atoms with Crippen molar-refractivity contribution in [2.24, 2.45) is 5.73 Å². The van der Waals surface area contributed by atoms with Crippen molar-refractivity contribution in [3.8, 4) is 11.3 Å². The molecule has 3 rings (SSSR count). The molecule has 114 valence electrons. The number of hydrogen-bond donors (Lipinski definition) is 3. The van der Waals surface area contributed by atoms with Crippen molar-refractivity contribution in [3.05, 3.63) is 23.8 Å². The van der Waals surface area contributed by atoms with Crippen molar-refractivity contribution in [1.29, 1.82) is 0 Å². The maximum Gasteiger partial charge on any atom is 0.292 e. The van der Waals surface area contributed by atoms with Crippen LogP contribution in [0.5, 0.6) is 0 Å². The first-order valence-corrected chi connectivity index (χ1v) is 6.72. The molecule has 22 heavy (non-hydrogen) atoms. The van der Waals surface area contributed by atoms with E-state index in [2.05, 4.69) is 10.1 Å². The Morgan fingerprint density at radius 3 is 2.68 bits per heavy atom. The topological polar surface area (TPSA) is 139 Å². The fourth-order valence-corrected chi connectivity index (χ4v) is 2.38. The van der Waals surface area contributed by atoms with E-state index in [1.165, 1.54) is 0 Å². The standard InChI is InChI=1S/C14H16N6O2/c1-6(2)20-12(15)10(13(16)21)11(19-20)7-3-4-9-8(5-7)18-14(17)22-9/h3-6H,15H2,1-2H3,(H2,16,21)(H2,17,18). The molecule has 8 heteroatoms. The quantitative estimate of drug-likeness (QED) is 0.670. The van der Waals surface area contributed by atoms with Crippen molar-refractivity contribution < 1.29 is 9.21 Å². The predicted octanol–water partition coefficient (Wildman–Crippen LogP) is 1.54. The average Bonchev–Trinajstić information content (AvgIpc) is 2.96. The van der Waals surface area contributed by atoms with Crippen molar-refractivity contribution in [2.75, 3.05) is 11.5 Å². The maximum absolute atomic E-state index is 11.8. The smallest absolute Gasteiger partial charge is 0.292 e. The van der Waals surface area contributed by atoms with Crippen LogP contribution in [0.15, 0.2) is 22.6 Å². The van der Waals surface area contributed by atoms with Gasteiger partial charge in [-0.1, -0.05) is 0 Å². The fraction of sp³-hybridized carbons (Fsp3) is 0.214. The monoisotopic (exact) mass is 300 g/mol. The molecule has 0 aliphatic carbocycles. The number of oxazole rings is 1. The second kappa shape index (κ2) is 4.76. The van der Waals surface area contributed by atoms with Crippen LogP contribution in [0.3, 0.4) is 0 Å². The summed E-state index contributed by atoms with van der Waals surface area (Å²) < 4.78 is 6.79. The molecule has 0 radical (unpaired) electrons. The van der Waals surface area contributed by atoms with Crippen LogP contribution in [0, 0.1) is 0 Å². The van der Waals surface area contributed by atoms with Gasteiger partial charge in [0.2, 0.25) is 0 Å². The summed E-state index contributed by atoms with van der Waals surface area (Å²) in [7, 11) is 0. The van der Waals surface area contributed by atoms with Crippen LogP contribution in [-0.4, -0.2) is 20.7 Å². The molecule has 1 amide bonds. The molecule has 0 unspecified atom stereocenters. The van der Waals surface area contributed by atoms with E-state index >= 15 is 0 Å². The Bertz CT molecular complexity index is 877. The molecule has 0 saturated heterocycles. The average molecular weight is 300 g/mol. The molecule has 2 aromatic heterocycles. The second-order valence-corrected chi connectivity index (χ2v) is 5.25. The number of nitrogens with zero attached hydrogens (tertiary/aromatic N) is 3. The van der Waals surface area contributed by atoms with Crippen LogP contribution < -0.4 is 17.2 Å². The van der Waals surface area contributed by atoms with Gasteiger partial charge in [0.15, 0.2) is 5.58 Å². The number of amides is 1. The molecule has 0 aliphatic heterocycles. The Balaban J connectivity index is 2.24. The molecule has 3 aromatic rings. The molecule has 6 N–H and O–H groups in total. The van der Waals surface area contributed by atoms with Crippen LogP contribution in [0.4, 0.5) is 11.8 Å². The Labute approximate surface area is 125 Å². The highest BCUT2D eigenvalue weighted by Gasteiger charge is 2.23. The second-order valence-electron chi connectivity index (χ2n) is 5.25. The number of nitrogen functional groups attached to an aromatic ring is 2. The van der Waals surface area contributed by atoms with Gasteiger partial charge in [-0.15, -0.1) is 0 Å². The highest BCUT2D eigenvalue weighted by molar-refractivity contribution is 6.03. The highest BCUT2D eigenvalue weighted by atomic mass is 16.4. The molecule has 0 saturated carbocycles. The molecule has 0 fully saturated rings. The number of anilines is 2. The number of carbonyl (C=O) groups excluding carboxylic acids is 1. The molecule has 0 spiro atoms. The molecule has 0 atom stereocenters. The van der Waals surface area contributed by atoms with Gasteiger partial charge in [0, 0.05) is 11.6 Å². The number of primary amides is 1. The van der Waals surface area contributed by atoms with E-state index in [0.717, 1.165) is 0 Å². The van der Waals surface area contributed by atoms with E-state index < -0.39 is 5.91 Å². The lowest BCUT2D eigenvalue weighted by Gasteiger charge is -2.06. The van der Waals surface area contributed by atoms with E-state index in [0.29, 0.717) is 22.4 Å². The Kier molecular flexibility index (Phi) is 3.01. The van der Waals surface area contributed by atoms with E-state index in [9.17, 15) is 4.79 Å². The van der Waals surface area contributed by atoms with Gasteiger partial charge in [-0.2, -0.15) is 10.1 Å². The number of benzene rings is 1. The van der Waals surface area contributed by atoms with E-state index in [1.54, 1.807) is 22.9 Å². The Morgan fingerprint density at radius 2 is 2.05 bits per heavy atom. The van der Waals surface area contributed by atoms with Crippen LogP contribution >= 0.6 is 0 Å². The molecule has 0 aliphatic rings. The lowest BCUT2D eigenvalue weighted by Crippen LogP contribution is -2.15. The van der Waals surface area contributed by atoms with E-state index in [1.807, 2.05) is 13.8 Å². The van der Waals surface area contributed by atoms with Crippen LogP contribution in [0.2, 0.25) is 0 Å². The van der Waals surface area contributed by atoms with Crippen LogP contribution in [0.1, 0.15) is 30.2 Å². The SMILES string of the molecule is CC(C)n1nc(-c2ccc3oc(N)nc3c2)c(C(N)=O)c1N. The molecule has 1 aromatic carbocycles. The zero-order valence-corrected chi connectivity index (χ0v) is 12.2. The van der Waals surface area contributed by atoms with Crippen molar-refractivity contribution in [1.82, 2.24) is 14.8 Å². The number of nitrogens with two attached hydrogens (primary N) is 3. The predicted molar refractivity (Wildman–Crippen MR) is 83.0 cm³/mol. The number of rotatable bonds is 3. The molecular weight excluding hydrogens is 284 g/mol. The van der Waals surface area contributed by atoms with E-state index in [4.69, 9.17) is 21.6 Å². The largest absolute Gasteiger partial charge is 0.424 e. The third-order valence-electron chi connectivity index (χ3n) is 3.36. The minimum absolute atomic E-state index is 0.00160. The highest BCUT2D eigenvalue weighted by Crippen LogP contribution is 2.31.